The molecular weight excluding hydrogens is 330 g/mol. The zero-order valence-corrected chi connectivity index (χ0v) is 15.0. The van der Waals surface area contributed by atoms with Crippen LogP contribution in [-0.2, 0) is 20.9 Å². The number of para-hydroxylation sites is 1. The Kier molecular flexibility index (Phi) is 7.43. The summed E-state index contributed by atoms with van der Waals surface area (Å²) in [6.07, 6.45) is 2.03. The lowest BCUT2D eigenvalue weighted by Gasteiger charge is -2.12. The summed E-state index contributed by atoms with van der Waals surface area (Å²) in [5, 5.41) is 2.74. The number of esters is 1. The minimum absolute atomic E-state index is 0.342. The highest BCUT2D eigenvalue weighted by Gasteiger charge is 2.16. The topological polar surface area (TPSA) is 64.6 Å². The molecule has 0 aliphatic heterocycles. The van der Waals surface area contributed by atoms with Gasteiger partial charge in [-0.05, 0) is 31.6 Å². The Morgan fingerprint density at radius 1 is 1.08 bits per heavy atom. The van der Waals surface area contributed by atoms with Crippen LogP contribution in [0.1, 0.15) is 25.0 Å². The van der Waals surface area contributed by atoms with Gasteiger partial charge >= 0.3 is 5.97 Å². The highest BCUT2D eigenvalue weighted by atomic mass is 16.5. The van der Waals surface area contributed by atoms with Gasteiger partial charge in [0, 0.05) is 18.2 Å². The van der Waals surface area contributed by atoms with E-state index in [1.807, 2.05) is 61.5 Å². The Bertz CT molecular complexity index is 756. The van der Waals surface area contributed by atoms with Crippen molar-refractivity contribution >= 4 is 18.0 Å². The van der Waals surface area contributed by atoms with Crippen molar-refractivity contribution in [3.8, 4) is 5.75 Å². The Morgan fingerprint density at radius 3 is 2.50 bits per heavy atom. The summed E-state index contributed by atoms with van der Waals surface area (Å²) in [4.78, 5) is 24.0. The van der Waals surface area contributed by atoms with Gasteiger partial charge in [0.05, 0.1) is 6.61 Å². The maximum atomic E-state index is 12.0. The van der Waals surface area contributed by atoms with Crippen molar-refractivity contribution < 1.29 is 19.1 Å². The molecule has 0 saturated heterocycles. The van der Waals surface area contributed by atoms with Gasteiger partial charge < -0.3 is 14.8 Å². The van der Waals surface area contributed by atoms with E-state index in [0.29, 0.717) is 18.9 Å². The fourth-order valence-corrected chi connectivity index (χ4v) is 2.26. The average molecular weight is 353 g/mol. The van der Waals surface area contributed by atoms with Crippen molar-refractivity contribution in [2.24, 2.45) is 0 Å². The normalized spacial score (nSPS) is 11.8. The second-order valence-corrected chi connectivity index (χ2v) is 5.59. The number of carbonyl (C=O) groups is 2. The Hall–Kier alpha value is -3.08. The molecule has 0 heterocycles. The molecule has 0 saturated carbocycles. The third kappa shape index (κ3) is 6.09. The van der Waals surface area contributed by atoms with Crippen LogP contribution in [0.4, 0.5) is 0 Å². The molecule has 5 nitrogen and oxygen atoms in total. The first kappa shape index (κ1) is 19.2. The second-order valence-electron chi connectivity index (χ2n) is 5.59. The zero-order chi connectivity index (χ0) is 18.8. The predicted molar refractivity (Wildman–Crippen MR) is 100 cm³/mol. The zero-order valence-electron chi connectivity index (χ0n) is 15.0. The number of hydrogen-bond acceptors (Lipinski definition) is 4. The lowest BCUT2D eigenvalue weighted by Crippen LogP contribution is -2.35. The van der Waals surface area contributed by atoms with Crippen LogP contribution in [0.25, 0.3) is 6.08 Å². The van der Waals surface area contributed by atoms with Crippen LogP contribution < -0.4 is 10.1 Å². The van der Waals surface area contributed by atoms with Gasteiger partial charge in [-0.25, -0.2) is 4.79 Å². The molecule has 0 spiro atoms. The largest absolute Gasteiger partial charge is 0.493 e. The number of amides is 1. The number of carbonyl (C=O) groups excluding carboxylic acids is 2. The van der Waals surface area contributed by atoms with E-state index in [1.54, 1.807) is 13.0 Å². The minimum Gasteiger partial charge on any atom is -0.493 e. The van der Waals surface area contributed by atoms with Gasteiger partial charge in [0.15, 0.2) is 6.10 Å². The molecule has 0 fully saturated rings. The van der Waals surface area contributed by atoms with Crippen LogP contribution >= 0.6 is 0 Å². The Balaban J connectivity index is 1.85. The van der Waals surface area contributed by atoms with Crippen molar-refractivity contribution in [2.75, 3.05) is 6.61 Å². The molecule has 26 heavy (non-hydrogen) atoms. The van der Waals surface area contributed by atoms with Gasteiger partial charge in [-0.1, -0.05) is 48.5 Å². The predicted octanol–water partition coefficient (Wildman–Crippen LogP) is 3.35. The molecule has 2 aromatic rings. The van der Waals surface area contributed by atoms with E-state index < -0.39 is 12.1 Å². The van der Waals surface area contributed by atoms with E-state index in [4.69, 9.17) is 9.47 Å². The van der Waals surface area contributed by atoms with E-state index in [1.165, 1.54) is 6.08 Å². The van der Waals surface area contributed by atoms with E-state index >= 15 is 0 Å². The SMILES string of the molecule is CCOc1ccccc1/C=C/C(=O)O[C@@H](C)C(=O)NCc1ccccc1. The summed E-state index contributed by atoms with van der Waals surface area (Å²) >= 11 is 0. The summed E-state index contributed by atoms with van der Waals surface area (Å²) in [7, 11) is 0. The van der Waals surface area contributed by atoms with E-state index in [0.717, 1.165) is 11.1 Å². The highest BCUT2D eigenvalue weighted by molar-refractivity contribution is 5.90. The van der Waals surface area contributed by atoms with E-state index in [-0.39, 0.29) is 5.91 Å². The molecule has 1 N–H and O–H groups in total. The molecule has 5 heteroatoms. The summed E-state index contributed by atoms with van der Waals surface area (Å²) in [5.41, 5.74) is 1.75. The number of ether oxygens (including phenoxy) is 2. The highest BCUT2D eigenvalue weighted by Crippen LogP contribution is 2.19. The van der Waals surface area contributed by atoms with E-state index in [2.05, 4.69) is 5.32 Å². The monoisotopic (exact) mass is 353 g/mol. The first-order valence-corrected chi connectivity index (χ1v) is 8.52. The molecule has 0 bridgehead atoms. The van der Waals surface area contributed by atoms with Crippen LogP contribution in [0.5, 0.6) is 5.75 Å². The first-order valence-electron chi connectivity index (χ1n) is 8.52. The Morgan fingerprint density at radius 2 is 1.77 bits per heavy atom. The summed E-state index contributed by atoms with van der Waals surface area (Å²) in [5.74, 6) is -0.239. The van der Waals surface area contributed by atoms with Crippen LogP contribution in [-0.4, -0.2) is 24.6 Å². The number of nitrogens with one attached hydrogen (secondary N) is 1. The van der Waals surface area contributed by atoms with Crippen molar-refractivity contribution in [1.29, 1.82) is 0 Å². The van der Waals surface area contributed by atoms with Crippen LogP contribution in [0, 0.1) is 0 Å². The fraction of sp³-hybridized carbons (Fsp3) is 0.238. The summed E-state index contributed by atoms with van der Waals surface area (Å²) < 4.78 is 10.6. The summed E-state index contributed by atoms with van der Waals surface area (Å²) in [6.45, 7) is 4.36. The second kappa shape index (κ2) is 10.0. The molecule has 0 unspecified atom stereocenters. The molecule has 0 radical (unpaired) electrons. The molecule has 136 valence electrons. The molecule has 0 aliphatic rings. The lowest BCUT2D eigenvalue weighted by atomic mass is 10.2. The summed E-state index contributed by atoms with van der Waals surface area (Å²) in [6, 6.07) is 16.9. The molecule has 1 amide bonds. The van der Waals surface area contributed by atoms with Crippen molar-refractivity contribution in [1.82, 2.24) is 5.32 Å². The van der Waals surface area contributed by atoms with Crippen LogP contribution in [0.15, 0.2) is 60.7 Å². The molecule has 0 aliphatic carbocycles. The number of rotatable bonds is 8. The van der Waals surface area contributed by atoms with Gasteiger partial charge in [-0.2, -0.15) is 0 Å². The van der Waals surface area contributed by atoms with Crippen molar-refractivity contribution in [2.45, 2.75) is 26.5 Å². The third-order valence-electron chi connectivity index (χ3n) is 3.59. The third-order valence-corrected chi connectivity index (χ3v) is 3.59. The van der Waals surface area contributed by atoms with Gasteiger partial charge in [0.1, 0.15) is 5.75 Å². The molecule has 2 rings (SSSR count). The minimum atomic E-state index is -0.877. The fourth-order valence-electron chi connectivity index (χ4n) is 2.26. The van der Waals surface area contributed by atoms with Crippen LogP contribution in [0.2, 0.25) is 0 Å². The molecule has 0 aromatic heterocycles. The van der Waals surface area contributed by atoms with Crippen molar-refractivity contribution in [3.63, 3.8) is 0 Å². The number of hydrogen-bond donors (Lipinski definition) is 1. The molecule has 1 atom stereocenters. The van der Waals surface area contributed by atoms with Gasteiger partial charge in [-0.15, -0.1) is 0 Å². The molecule has 2 aromatic carbocycles. The van der Waals surface area contributed by atoms with Gasteiger partial charge in [-0.3, -0.25) is 4.79 Å². The number of benzene rings is 2. The maximum absolute atomic E-state index is 12.0. The van der Waals surface area contributed by atoms with Gasteiger partial charge in [0.2, 0.25) is 0 Å². The average Bonchev–Trinajstić information content (AvgIpc) is 2.66. The Labute approximate surface area is 153 Å². The first-order chi connectivity index (χ1) is 12.6. The standard InChI is InChI=1S/C21H23NO4/c1-3-25-19-12-8-7-11-18(19)13-14-20(23)26-16(2)21(24)22-15-17-9-5-4-6-10-17/h4-14,16H,3,15H2,1-2H3,(H,22,24)/b14-13+/t16-/m0/s1. The maximum Gasteiger partial charge on any atom is 0.331 e. The van der Waals surface area contributed by atoms with Crippen LogP contribution in [0.3, 0.4) is 0 Å². The van der Waals surface area contributed by atoms with Crippen molar-refractivity contribution in [3.05, 3.63) is 71.8 Å². The smallest absolute Gasteiger partial charge is 0.331 e. The quantitative estimate of drug-likeness (QED) is 0.584. The molecular formula is C21H23NO4. The van der Waals surface area contributed by atoms with Gasteiger partial charge in [0.25, 0.3) is 5.91 Å². The lowest BCUT2D eigenvalue weighted by molar-refractivity contribution is -0.150. The van der Waals surface area contributed by atoms with E-state index in [9.17, 15) is 9.59 Å².